The molecule has 2 N–H and O–H groups in total. The Bertz CT molecular complexity index is 901. The van der Waals surface area contributed by atoms with Crippen molar-refractivity contribution in [3.8, 4) is 6.07 Å². The van der Waals surface area contributed by atoms with E-state index in [0.29, 0.717) is 11.3 Å². The molecule has 0 aliphatic heterocycles. The Morgan fingerprint density at radius 1 is 1.07 bits per heavy atom. The lowest BCUT2D eigenvalue weighted by atomic mass is 10.0. The molecule has 5 nitrogen and oxygen atoms in total. The molecule has 0 unspecified atom stereocenters. The molecule has 0 aliphatic carbocycles. The standard InChI is InChI=1S/C22H23N3O2/c1-4-16-8-6-9-17(5-2)21(16)25-22(27)19(13-23)14-24-20-11-7-10-18(12-20)15(3)26/h6-12,14,24H,4-5H2,1-3H3,(H,25,27)/b19-14-. The van der Waals surface area contributed by atoms with Gasteiger partial charge in [0.05, 0.1) is 0 Å². The number of Topliss-reactive ketones (excluding diaryl/α,β-unsaturated/α-hetero) is 1. The third-order valence-electron chi connectivity index (χ3n) is 4.25. The number of nitrogens with zero attached hydrogens (tertiary/aromatic N) is 1. The number of ketones is 1. The summed E-state index contributed by atoms with van der Waals surface area (Å²) in [5.41, 5.74) is 3.97. The van der Waals surface area contributed by atoms with Crippen LogP contribution in [-0.2, 0) is 17.6 Å². The van der Waals surface area contributed by atoms with E-state index < -0.39 is 5.91 Å². The fourth-order valence-corrected chi connectivity index (χ4v) is 2.72. The van der Waals surface area contributed by atoms with Gasteiger partial charge in [-0.2, -0.15) is 5.26 Å². The third-order valence-corrected chi connectivity index (χ3v) is 4.25. The number of hydrogen-bond acceptors (Lipinski definition) is 4. The summed E-state index contributed by atoms with van der Waals surface area (Å²) in [6, 6.07) is 14.7. The van der Waals surface area contributed by atoms with E-state index in [1.54, 1.807) is 24.3 Å². The molecule has 0 fully saturated rings. The minimum atomic E-state index is -0.469. The normalized spacial score (nSPS) is 10.8. The number of aryl methyl sites for hydroxylation is 2. The maximum atomic E-state index is 12.6. The van der Waals surface area contributed by atoms with Gasteiger partial charge in [0.1, 0.15) is 11.6 Å². The van der Waals surface area contributed by atoms with Crippen LogP contribution in [0.15, 0.2) is 54.2 Å². The summed E-state index contributed by atoms with van der Waals surface area (Å²) < 4.78 is 0. The van der Waals surface area contributed by atoms with Crippen LogP contribution in [0.1, 0.15) is 42.3 Å². The van der Waals surface area contributed by atoms with Gasteiger partial charge in [-0.05, 0) is 43.0 Å². The van der Waals surface area contributed by atoms with Crippen molar-refractivity contribution in [2.45, 2.75) is 33.6 Å². The Hall–Kier alpha value is -3.39. The number of para-hydroxylation sites is 1. The minimum absolute atomic E-state index is 0.0452. The van der Waals surface area contributed by atoms with Crippen LogP contribution in [0.5, 0.6) is 0 Å². The Labute approximate surface area is 159 Å². The highest BCUT2D eigenvalue weighted by Gasteiger charge is 2.14. The van der Waals surface area contributed by atoms with Crippen molar-refractivity contribution in [2.75, 3.05) is 10.6 Å². The molecule has 5 heteroatoms. The van der Waals surface area contributed by atoms with E-state index >= 15 is 0 Å². The maximum Gasteiger partial charge on any atom is 0.267 e. The van der Waals surface area contributed by atoms with E-state index in [1.807, 2.05) is 38.1 Å². The summed E-state index contributed by atoms with van der Waals surface area (Å²) in [5, 5.41) is 15.2. The number of amides is 1. The molecule has 138 valence electrons. The summed E-state index contributed by atoms with van der Waals surface area (Å²) >= 11 is 0. The molecular weight excluding hydrogens is 338 g/mol. The van der Waals surface area contributed by atoms with Gasteiger partial charge in [0.15, 0.2) is 5.78 Å². The van der Waals surface area contributed by atoms with Gasteiger partial charge in [-0.25, -0.2) is 0 Å². The Kier molecular flexibility index (Phi) is 6.90. The van der Waals surface area contributed by atoms with Crippen molar-refractivity contribution >= 4 is 23.1 Å². The van der Waals surface area contributed by atoms with Crippen molar-refractivity contribution in [1.29, 1.82) is 5.26 Å². The number of carbonyl (C=O) groups is 2. The first kappa shape index (κ1) is 19.9. The molecular formula is C22H23N3O2. The molecule has 0 aliphatic rings. The molecule has 0 atom stereocenters. The molecule has 0 bridgehead atoms. The molecule has 0 saturated heterocycles. The van der Waals surface area contributed by atoms with Crippen LogP contribution in [0.25, 0.3) is 0 Å². The van der Waals surface area contributed by atoms with Gasteiger partial charge in [0, 0.05) is 23.1 Å². The predicted octanol–water partition coefficient (Wildman–Crippen LogP) is 4.47. The van der Waals surface area contributed by atoms with Crippen molar-refractivity contribution in [2.24, 2.45) is 0 Å². The fraction of sp³-hybridized carbons (Fsp3) is 0.227. The van der Waals surface area contributed by atoms with E-state index in [4.69, 9.17) is 0 Å². The van der Waals surface area contributed by atoms with Crippen LogP contribution in [0, 0.1) is 11.3 Å². The topological polar surface area (TPSA) is 82.0 Å². The smallest absolute Gasteiger partial charge is 0.267 e. The number of rotatable bonds is 7. The van der Waals surface area contributed by atoms with Gasteiger partial charge in [-0.1, -0.05) is 44.2 Å². The number of benzene rings is 2. The van der Waals surface area contributed by atoms with Gasteiger partial charge in [0.2, 0.25) is 0 Å². The summed E-state index contributed by atoms with van der Waals surface area (Å²) in [4.78, 5) is 24.0. The number of nitrogens with one attached hydrogen (secondary N) is 2. The quantitative estimate of drug-likeness (QED) is 0.433. The summed E-state index contributed by atoms with van der Waals surface area (Å²) in [6.07, 6.45) is 2.92. The van der Waals surface area contributed by atoms with Crippen LogP contribution in [0.2, 0.25) is 0 Å². The number of anilines is 2. The first-order chi connectivity index (χ1) is 13.0. The summed E-state index contributed by atoms with van der Waals surface area (Å²) in [6.45, 7) is 5.53. The van der Waals surface area contributed by atoms with Gasteiger partial charge < -0.3 is 10.6 Å². The third kappa shape index (κ3) is 5.05. The van der Waals surface area contributed by atoms with Crippen molar-refractivity contribution in [3.05, 3.63) is 70.9 Å². The zero-order chi connectivity index (χ0) is 19.8. The van der Waals surface area contributed by atoms with Crippen molar-refractivity contribution < 1.29 is 9.59 Å². The zero-order valence-corrected chi connectivity index (χ0v) is 15.8. The van der Waals surface area contributed by atoms with Crippen LogP contribution in [0.4, 0.5) is 11.4 Å². The van der Waals surface area contributed by atoms with E-state index in [-0.39, 0.29) is 11.4 Å². The molecule has 2 aromatic rings. The van der Waals surface area contributed by atoms with Crippen LogP contribution in [-0.4, -0.2) is 11.7 Å². The lowest BCUT2D eigenvalue weighted by Crippen LogP contribution is -2.17. The van der Waals surface area contributed by atoms with E-state index in [9.17, 15) is 14.9 Å². The van der Waals surface area contributed by atoms with E-state index in [2.05, 4.69) is 10.6 Å². The molecule has 0 heterocycles. The minimum Gasteiger partial charge on any atom is -0.360 e. The zero-order valence-electron chi connectivity index (χ0n) is 15.8. The van der Waals surface area contributed by atoms with Gasteiger partial charge >= 0.3 is 0 Å². The second-order valence-electron chi connectivity index (χ2n) is 6.06. The molecule has 0 spiro atoms. The van der Waals surface area contributed by atoms with Gasteiger partial charge in [-0.3, -0.25) is 9.59 Å². The van der Waals surface area contributed by atoms with Gasteiger partial charge in [0.25, 0.3) is 5.91 Å². The monoisotopic (exact) mass is 361 g/mol. The second-order valence-corrected chi connectivity index (χ2v) is 6.06. The van der Waals surface area contributed by atoms with Crippen LogP contribution >= 0.6 is 0 Å². The molecule has 2 rings (SSSR count). The molecule has 2 aromatic carbocycles. The predicted molar refractivity (Wildman–Crippen MR) is 108 cm³/mol. The Morgan fingerprint density at radius 3 is 2.26 bits per heavy atom. The first-order valence-corrected chi connectivity index (χ1v) is 8.90. The molecule has 27 heavy (non-hydrogen) atoms. The molecule has 0 aromatic heterocycles. The Morgan fingerprint density at radius 2 is 1.70 bits per heavy atom. The highest BCUT2D eigenvalue weighted by atomic mass is 16.1. The average Bonchev–Trinajstić information content (AvgIpc) is 2.68. The lowest BCUT2D eigenvalue weighted by Gasteiger charge is -2.14. The first-order valence-electron chi connectivity index (χ1n) is 8.90. The number of hydrogen-bond donors (Lipinski definition) is 2. The summed E-state index contributed by atoms with van der Waals surface area (Å²) in [5.74, 6) is -0.521. The number of carbonyl (C=O) groups excluding carboxylic acids is 2. The number of nitriles is 1. The SMILES string of the molecule is CCc1cccc(CC)c1NC(=O)/C(C#N)=C\Nc1cccc(C(C)=O)c1. The van der Waals surface area contributed by atoms with Crippen LogP contribution < -0.4 is 10.6 Å². The largest absolute Gasteiger partial charge is 0.360 e. The van der Waals surface area contributed by atoms with E-state index in [0.717, 1.165) is 29.7 Å². The Balaban J connectivity index is 2.22. The van der Waals surface area contributed by atoms with Crippen molar-refractivity contribution in [1.82, 2.24) is 0 Å². The maximum absolute atomic E-state index is 12.6. The highest BCUT2D eigenvalue weighted by Crippen LogP contribution is 2.23. The van der Waals surface area contributed by atoms with Crippen molar-refractivity contribution in [3.63, 3.8) is 0 Å². The van der Waals surface area contributed by atoms with E-state index in [1.165, 1.54) is 13.1 Å². The molecule has 0 radical (unpaired) electrons. The van der Waals surface area contributed by atoms with Gasteiger partial charge in [-0.15, -0.1) is 0 Å². The van der Waals surface area contributed by atoms with Crippen LogP contribution in [0.3, 0.4) is 0 Å². The molecule has 0 saturated carbocycles. The average molecular weight is 361 g/mol. The highest BCUT2D eigenvalue weighted by molar-refractivity contribution is 6.07. The second kappa shape index (κ2) is 9.35. The lowest BCUT2D eigenvalue weighted by molar-refractivity contribution is -0.112. The fourth-order valence-electron chi connectivity index (χ4n) is 2.72. The molecule has 1 amide bonds. The summed E-state index contributed by atoms with van der Waals surface area (Å²) in [7, 11) is 0.